The molecule has 142 heavy (non-hydrogen) atoms. The van der Waals surface area contributed by atoms with Crippen LogP contribution in [-0.4, -0.2) is 0 Å². The molecule has 0 saturated carbocycles. The van der Waals surface area contributed by atoms with Crippen LogP contribution in [0.2, 0.25) is 0 Å². The average Bonchev–Trinajstić information content (AvgIpc) is 0.719. The van der Waals surface area contributed by atoms with Gasteiger partial charge in [-0.05, 0) is 367 Å². The maximum atomic E-state index is 15.6. The molecule has 0 aliphatic rings. The fraction of sp³-hybridized carbons (Fsp3) is 0.0588. The molecule has 4 nitrogen and oxygen atoms in total. The van der Waals surface area contributed by atoms with E-state index in [-0.39, 0.29) is 11.6 Å². The first kappa shape index (κ1) is 88.4. The Kier molecular flexibility index (Phi) is 23.3. The molecule has 0 saturated heterocycles. The molecular formula is C136H102F2N4. The normalized spacial score (nSPS) is 11.5. The maximum absolute atomic E-state index is 15.6. The molecule has 0 spiro atoms. The molecule has 0 heterocycles. The lowest BCUT2D eigenvalue weighted by Gasteiger charge is -2.31. The molecule has 0 bridgehead atoms. The fourth-order valence-corrected chi connectivity index (χ4v) is 21.2. The summed E-state index contributed by atoms with van der Waals surface area (Å²) >= 11 is 0. The van der Waals surface area contributed by atoms with E-state index in [2.05, 4.69) is 488 Å². The van der Waals surface area contributed by atoms with Crippen molar-refractivity contribution in [3.05, 3.63) is 529 Å². The highest BCUT2D eigenvalue weighted by Gasteiger charge is 2.29. The van der Waals surface area contributed by atoms with Gasteiger partial charge in [0.15, 0.2) is 0 Å². The third kappa shape index (κ3) is 17.4. The molecule has 0 radical (unpaired) electrons. The van der Waals surface area contributed by atoms with Crippen LogP contribution in [0, 0.1) is 67.0 Å². The van der Waals surface area contributed by atoms with Crippen LogP contribution in [0.25, 0.3) is 154 Å². The van der Waals surface area contributed by atoms with E-state index in [9.17, 15) is 0 Å². The Morgan fingerprint density at radius 3 is 0.549 bits per heavy atom. The number of nitrogens with zero attached hydrogens (tertiary/aromatic N) is 4. The third-order valence-electron chi connectivity index (χ3n) is 27.9. The van der Waals surface area contributed by atoms with Gasteiger partial charge in [-0.15, -0.1) is 0 Å². The van der Waals surface area contributed by atoms with Gasteiger partial charge in [-0.1, -0.05) is 338 Å². The van der Waals surface area contributed by atoms with E-state index in [0.29, 0.717) is 11.4 Å². The fourth-order valence-electron chi connectivity index (χ4n) is 21.2. The van der Waals surface area contributed by atoms with Crippen LogP contribution >= 0.6 is 0 Å². The van der Waals surface area contributed by atoms with Gasteiger partial charge in [-0.25, -0.2) is 8.78 Å². The zero-order valence-corrected chi connectivity index (χ0v) is 80.6. The van der Waals surface area contributed by atoms with E-state index < -0.39 is 0 Å². The Morgan fingerprint density at radius 1 is 0.134 bits per heavy atom. The van der Waals surface area contributed by atoms with Crippen LogP contribution in [0.3, 0.4) is 0 Å². The van der Waals surface area contributed by atoms with E-state index in [1.54, 1.807) is 24.3 Å². The Bertz CT molecular complexity index is 8310. The van der Waals surface area contributed by atoms with E-state index in [0.717, 1.165) is 134 Å². The molecule has 0 aromatic heterocycles. The van der Waals surface area contributed by atoms with Crippen LogP contribution < -0.4 is 19.6 Å². The van der Waals surface area contributed by atoms with Crippen LogP contribution in [0.5, 0.6) is 0 Å². The first-order valence-corrected chi connectivity index (χ1v) is 48.8. The Morgan fingerprint density at radius 2 is 0.331 bits per heavy atom. The summed E-state index contributed by atoms with van der Waals surface area (Å²) < 4.78 is 31.1. The lowest BCUT2D eigenvalue weighted by atomic mass is 9.91. The van der Waals surface area contributed by atoms with Crippen molar-refractivity contribution >= 4 is 133 Å². The first-order valence-electron chi connectivity index (χ1n) is 48.8. The summed E-state index contributed by atoms with van der Waals surface area (Å²) in [6.45, 7) is 17.3. The SMILES string of the molecule is Cc1ccc(-c2cc(-c3ccccc3)cc(N(c3cc(C)cc(C)c3)c3ccc4ccc5c(N(c6cc(C)cc(C)c6)c6cc(-c7ccccc7)cc(-c7ccc(C)cc7)c6)ccc6ccc3c4c65)c2)cc1.Cc1ccc(-c2cc(-c3ccccc3)cc(N(c3cccc(F)c3)c3ccc4ccc5c(N(c6cccc(F)c6)c6cc(-c7ccccc7)cc(-c7ccc(C)cc7)c6)ccc6ccc3c4c65)c2)cc1. The molecule has 0 amide bonds. The van der Waals surface area contributed by atoms with Crippen molar-refractivity contribution in [2.75, 3.05) is 19.6 Å². The van der Waals surface area contributed by atoms with Crippen LogP contribution in [0.1, 0.15) is 44.5 Å². The first-order chi connectivity index (χ1) is 69.4. The van der Waals surface area contributed by atoms with Crippen molar-refractivity contribution in [2.45, 2.75) is 55.4 Å². The molecule has 24 rings (SSSR count). The van der Waals surface area contributed by atoms with Gasteiger partial charge < -0.3 is 19.6 Å². The minimum Gasteiger partial charge on any atom is -0.310 e. The zero-order chi connectivity index (χ0) is 96.3. The molecule has 0 atom stereocenters. The molecule has 680 valence electrons. The maximum Gasteiger partial charge on any atom is 0.125 e. The quantitative estimate of drug-likeness (QED) is 0.0705. The van der Waals surface area contributed by atoms with Gasteiger partial charge in [-0.2, -0.15) is 0 Å². The second-order valence-electron chi connectivity index (χ2n) is 38.2. The van der Waals surface area contributed by atoms with Crippen molar-refractivity contribution in [3.8, 4) is 89.0 Å². The molecule has 0 fully saturated rings. The standard InChI is InChI=1S/C70H56N2.C66H46F2N2/c1-45-17-21-53(22-18-45)59-39-57(51-13-9-7-10-14-51)41-63(43-59)71(61-35-47(3)33-48(4)36-61)67-31-27-55-26-30-66-68(32-28-56-25-29-65(67)69(55)70(56)66)72(62-37-49(5)34-50(6)38-62)64-42-58(52-15-11-8-12-16-52)40-60(44-64)54-23-19-46(2)20-24-54;1-43-19-23-47(24-20-43)53-35-51(45-11-5-3-6-12-45)37-59(39-53)69(57-17-9-15-55(67)41-57)63-33-29-49-28-32-62-64(34-30-50-27-31-61(63)65(49)66(50)62)70(58-18-10-16-56(68)42-58)60-38-52(46-13-7-4-8-14-46)36-54(40-60)48-25-21-44(2)22-26-48/h7-44H,1-6H3;3-42H,1-2H3. The summed E-state index contributed by atoms with van der Waals surface area (Å²) in [5, 5.41) is 13.7. The number of benzene rings is 24. The van der Waals surface area contributed by atoms with Crippen molar-refractivity contribution < 1.29 is 8.78 Å². The lowest BCUT2D eigenvalue weighted by Crippen LogP contribution is -2.12. The molecule has 6 heteroatoms. The second-order valence-corrected chi connectivity index (χ2v) is 38.2. The number of rotatable bonds is 20. The molecule has 0 aliphatic carbocycles. The molecule has 0 aliphatic heterocycles. The summed E-state index contributed by atoms with van der Waals surface area (Å²) in [5.74, 6) is -0.635. The summed E-state index contributed by atoms with van der Waals surface area (Å²) in [5.41, 5.74) is 39.6. The minimum atomic E-state index is -0.317. The Labute approximate surface area is 829 Å². The summed E-state index contributed by atoms with van der Waals surface area (Å²) in [6.07, 6.45) is 0. The molecule has 24 aromatic carbocycles. The van der Waals surface area contributed by atoms with Crippen molar-refractivity contribution in [3.63, 3.8) is 0 Å². The van der Waals surface area contributed by atoms with Gasteiger partial charge in [0.05, 0.1) is 22.7 Å². The predicted molar refractivity (Wildman–Crippen MR) is 600 cm³/mol. The van der Waals surface area contributed by atoms with Gasteiger partial charge in [-0.3, -0.25) is 0 Å². The van der Waals surface area contributed by atoms with E-state index in [1.165, 1.54) is 133 Å². The summed E-state index contributed by atoms with van der Waals surface area (Å²) in [7, 11) is 0. The number of hydrogen-bond acceptors (Lipinski definition) is 4. The third-order valence-corrected chi connectivity index (χ3v) is 27.9. The smallest absolute Gasteiger partial charge is 0.125 e. The average molecular weight is 1830 g/mol. The predicted octanol–water partition coefficient (Wildman–Crippen LogP) is 39.1. The number of halogens is 2. The van der Waals surface area contributed by atoms with Gasteiger partial charge in [0, 0.05) is 67.0 Å². The molecule has 24 aromatic rings. The molecule has 0 N–H and O–H groups in total. The summed E-state index contributed by atoms with van der Waals surface area (Å²) in [6, 6.07) is 169. The van der Waals surface area contributed by atoms with Crippen molar-refractivity contribution in [1.29, 1.82) is 0 Å². The van der Waals surface area contributed by atoms with Crippen molar-refractivity contribution in [2.24, 2.45) is 0 Å². The molecule has 0 unspecified atom stereocenters. The summed E-state index contributed by atoms with van der Waals surface area (Å²) in [4.78, 5) is 9.39. The molecular weight excluding hydrogens is 1730 g/mol. The van der Waals surface area contributed by atoms with E-state index >= 15 is 8.78 Å². The number of hydrogen-bond donors (Lipinski definition) is 0. The zero-order valence-electron chi connectivity index (χ0n) is 80.6. The van der Waals surface area contributed by atoms with E-state index in [4.69, 9.17) is 0 Å². The Hall–Kier alpha value is -17.6. The highest BCUT2D eigenvalue weighted by molar-refractivity contribution is 6.30. The monoisotopic (exact) mass is 1830 g/mol. The Balaban J connectivity index is 0.000000158. The second kappa shape index (κ2) is 37.4. The van der Waals surface area contributed by atoms with Crippen LogP contribution in [0.4, 0.5) is 77.0 Å². The minimum absolute atomic E-state index is 0.317. The highest BCUT2D eigenvalue weighted by atomic mass is 19.1. The van der Waals surface area contributed by atoms with Gasteiger partial charge in [0.1, 0.15) is 11.6 Å². The topological polar surface area (TPSA) is 13.0 Å². The number of anilines is 12. The van der Waals surface area contributed by atoms with E-state index in [1.807, 2.05) is 24.3 Å². The van der Waals surface area contributed by atoms with Gasteiger partial charge in [0.25, 0.3) is 0 Å². The largest absolute Gasteiger partial charge is 0.310 e. The number of aryl methyl sites for hydroxylation is 8. The van der Waals surface area contributed by atoms with Crippen LogP contribution in [0.15, 0.2) is 473 Å². The van der Waals surface area contributed by atoms with Crippen molar-refractivity contribution in [1.82, 2.24) is 0 Å². The highest BCUT2D eigenvalue weighted by Crippen LogP contribution is 2.54. The lowest BCUT2D eigenvalue weighted by molar-refractivity contribution is 0.627. The van der Waals surface area contributed by atoms with Gasteiger partial charge in [0.2, 0.25) is 0 Å². The van der Waals surface area contributed by atoms with Gasteiger partial charge >= 0.3 is 0 Å². The van der Waals surface area contributed by atoms with Crippen LogP contribution in [-0.2, 0) is 0 Å².